The van der Waals surface area contributed by atoms with Crippen LogP contribution >= 0.6 is 0 Å². The minimum Gasteiger partial charge on any atom is -0.358 e. The summed E-state index contributed by atoms with van der Waals surface area (Å²) in [5, 5.41) is 5.39. The van der Waals surface area contributed by atoms with Gasteiger partial charge < -0.3 is 10.6 Å². The van der Waals surface area contributed by atoms with Crippen LogP contribution in [0.3, 0.4) is 0 Å². The Morgan fingerprint density at radius 2 is 1.88 bits per heavy atom. The molecule has 0 saturated carbocycles. The highest BCUT2D eigenvalue weighted by Crippen LogP contribution is 2.05. The van der Waals surface area contributed by atoms with Gasteiger partial charge in [0.25, 0.3) is 0 Å². The first-order valence-corrected chi connectivity index (χ1v) is 5.61. The molecule has 0 aromatic carbocycles. The summed E-state index contributed by atoms with van der Waals surface area (Å²) in [5.41, 5.74) is 0. The highest BCUT2D eigenvalue weighted by Gasteiger charge is 2.18. The fourth-order valence-electron chi connectivity index (χ4n) is 1.52. The van der Waals surface area contributed by atoms with Gasteiger partial charge >= 0.3 is 0 Å². The molecule has 0 heterocycles. The van der Waals surface area contributed by atoms with Gasteiger partial charge in [-0.3, -0.25) is 14.5 Å². The first-order valence-electron chi connectivity index (χ1n) is 5.61. The Kier molecular flexibility index (Phi) is 7.54. The summed E-state index contributed by atoms with van der Waals surface area (Å²) < 4.78 is 0. The summed E-state index contributed by atoms with van der Waals surface area (Å²) in [6.07, 6.45) is 2.64. The second kappa shape index (κ2) is 8.10. The zero-order chi connectivity index (χ0) is 12.6. The molecule has 0 spiro atoms. The SMILES string of the molecule is CC(=O)NCCCCC(C(=O)N[13CH3])[15N](C)[13CH3]. The van der Waals surface area contributed by atoms with Crippen LogP contribution in [0.5, 0.6) is 0 Å². The predicted molar refractivity (Wildman–Crippen MR) is 64.1 cm³/mol. The van der Waals surface area contributed by atoms with Crippen molar-refractivity contribution in [1.82, 2.24) is 15.5 Å². The van der Waals surface area contributed by atoms with E-state index in [1.807, 2.05) is 19.0 Å². The number of hydrogen-bond donors (Lipinski definition) is 2. The zero-order valence-electron chi connectivity index (χ0n) is 10.7. The maximum atomic E-state index is 11.5. The Morgan fingerprint density at radius 3 is 2.31 bits per heavy atom. The highest BCUT2D eigenvalue weighted by atomic mass is 16.2. The van der Waals surface area contributed by atoms with Crippen molar-refractivity contribution in [2.24, 2.45) is 0 Å². The molecular weight excluding hydrogens is 209 g/mol. The number of unbranched alkanes of at least 4 members (excludes halogenated alkanes) is 1. The van der Waals surface area contributed by atoms with Crippen LogP contribution in [0, 0.1) is 0 Å². The van der Waals surface area contributed by atoms with Crippen LogP contribution in [-0.4, -0.2) is 50.4 Å². The molecule has 5 heteroatoms. The van der Waals surface area contributed by atoms with Crippen LogP contribution in [0.1, 0.15) is 26.2 Å². The largest absolute Gasteiger partial charge is 0.358 e. The number of carbonyl (C=O) groups excluding carboxylic acids is 2. The van der Waals surface area contributed by atoms with Gasteiger partial charge in [-0.1, -0.05) is 0 Å². The van der Waals surface area contributed by atoms with Gasteiger partial charge in [0.15, 0.2) is 0 Å². The van der Waals surface area contributed by atoms with E-state index in [2.05, 4.69) is 10.6 Å². The third-order valence-electron chi connectivity index (χ3n) is 2.45. The molecule has 0 radical (unpaired) electrons. The van der Waals surface area contributed by atoms with Crippen LogP contribution in [0.2, 0.25) is 0 Å². The standard InChI is InChI=1S/C11H23N3O2/c1-9(15)13-8-6-5-7-10(14(3)4)11(16)12-2/h10H,5-8H2,1-4H3,(H,12,16)(H,13,15)/i2+1,3+1,14+1. The third kappa shape index (κ3) is 6.40. The molecule has 1 atom stereocenters. The van der Waals surface area contributed by atoms with Gasteiger partial charge in [-0.25, -0.2) is 0 Å². The number of likely N-dealkylation sites (N-methyl/N-ethyl adjacent to an activating group) is 2. The zero-order valence-corrected chi connectivity index (χ0v) is 10.7. The smallest absolute Gasteiger partial charge is 0.237 e. The maximum absolute atomic E-state index is 11.5. The molecule has 16 heavy (non-hydrogen) atoms. The molecule has 0 aliphatic carbocycles. The molecule has 0 saturated heterocycles. The minimum atomic E-state index is -0.0812. The van der Waals surface area contributed by atoms with Gasteiger partial charge in [0.1, 0.15) is 0 Å². The molecule has 2 amide bonds. The van der Waals surface area contributed by atoms with Crippen molar-refractivity contribution in [2.75, 3.05) is 27.7 Å². The highest BCUT2D eigenvalue weighted by molar-refractivity contribution is 5.81. The molecule has 0 aliphatic heterocycles. The second-order valence-electron chi connectivity index (χ2n) is 4.07. The van der Waals surface area contributed by atoms with E-state index >= 15 is 0 Å². The summed E-state index contributed by atoms with van der Waals surface area (Å²) in [4.78, 5) is 24.0. The average molecular weight is 232 g/mol. The molecule has 0 rings (SSSR count). The van der Waals surface area contributed by atoms with Crippen molar-refractivity contribution in [3.05, 3.63) is 0 Å². The lowest BCUT2D eigenvalue weighted by Crippen LogP contribution is -2.42. The van der Waals surface area contributed by atoms with Crippen LogP contribution < -0.4 is 10.6 Å². The number of hydrogen-bond acceptors (Lipinski definition) is 3. The number of rotatable bonds is 7. The molecule has 5 nitrogen and oxygen atoms in total. The van der Waals surface area contributed by atoms with Crippen molar-refractivity contribution in [3.8, 4) is 0 Å². The molecule has 0 fully saturated rings. The van der Waals surface area contributed by atoms with Gasteiger partial charge in [0.05, 0.1) is 6.04 Å². The van der Waals surface area contributed by atoms with Crippen molar-refractivity contribution < 1.29 is 9.59 Å². The van der Waals surface area contributed by atoms with Gasteiger partial charge in [-0.05, 0) is 33.4 Å². The first-order chi connectivity index (χ1) is 7.49. The second-order valence-corrected chi connectivity index (χ2v) is 4.07. The number of carbonyl (C=O) groups is 2. The first kappa shape index (κ1) is 14.9. The van der Waals surface area contributed by atoms with Gasteiger partial charge in [0, 0.05) is 20.5 Å². The molecule has 1 unspecified atom stereocenters. The fourth-order valence-corrected chi connectivity index (χ4v) is 1.52. The Hall–Kier alpha value is -1.10. The van der Waals surface area contributed by atoms with E-state index in [4.69, 9.17) is 0 Å². The van der Waals surface area contributed by atoms with Gasteiger partial charge in [-0.15, -0.1) is 0 Å². The van der Waals surface area contributed by atoms with Crippen LogP contribution in [-0.2, 0) is 9.59 Å². The molecule has 0 aromatic rings. The number of nitrogens with one attached hydrogen (secondary N) is 2. The quantitative estimate of drug-likeness (QED) is 0.368. The van der Waals surface area contributed by atoms with E-state index in [0.29, 0.717) is 6.54 Å². The normalized spacial score (nSPS) is 12.3. The molecule has 0 aliphatic rings. The van der Waals surface area contributed by atoms with Gasteiger partial charge in [0.2, 0.25) is 11.8 Å². The van der Waals surface area contributed by atoms with E-state index in [9.17, 15) is 9.59 Å². The fraction of sp³-hybridized carbons (Fsp3) is 0.818. The Bertz CT molecular complexity index is 229. The van der Waals surface area contributed by atoms with Crippen LogP contribution in [0.25, 0.3) is 0 Å². The molecule has 2 N–H and O–H groups in total. The summed E-state index contributed by atoms with van der Waals surface area (Å²) in [7, 11) is 5.44. The van der Waals surface area contributed by atoms with E-state index < -0.39 is 0 Å². The third-order valence-corrected chi connectivity index (χ3v) is 2.45. The topological polar surface area (TPSA) is 61.4 Å². The van der Waals surface area contributed by atoms with Crippen molar-refractivity contribution in [2.45, 2.75) is 32.2 Å². The number of amides is 2. The van der Waals surface area contributed by atoms with Crippen molar-refractivity contribution in [3.63, 3.8) is 0 Å². The lowest BCUT2D eigenvalue weighted by Gasteiger charge is -2.22. The van der Waals surface area contributed by atoms with Crippen molar-refractivity contribution >= 4 is 11.8 Å². The molecular formula is C11H23N3O2. The van der Waals surface area contributed by atoms with E-state index in [0.717, 1.165) is 19.3 Å². The minimum absolute atomic E-state index is 0.00420. The van der Waals surface area contributed by atoms with Crippen molar-refractivity contribution in [1.29, 1.82) is 0 Å². The molecule has 0 bridgehead atoms. The van der Waals surface area contributed by atoms with E-state index in [1.165, 1.54) is 6.92 Å². The summed E-state index contributed by atoms with van der Waals surface area (Å²) in [6.45, 7) is 2.19. The Morgan fingerprint density at radius 1 is 1.25 bits per heavy atom. The summed E-state index contributed by atoms with van der Waals surface area (Å²) in [5.74, 6) is 0.0417. The average Bonchev–Trinajstić information content (AvgIpc) is 2.21. The maximum Gasteiger partial charge on any atom is 0.237 e. The molecule has 94 valence electrons. The van der Waals surface area contributed by atoms with E-state index in [1.54, 1.807) is 7.05 Å². The summed E-state index contributed by atoms with van der Waals surface area (Å²) >= 11 is 0. The monoisotopic (exact) mass is 232 g/mol. The molecule has 0 aromatic heterocycles. The van der Waals surface area contributed by atoms with Crippen LogP contribution in [0.4, 0.5) is 0 Å². The van der Waals surface area contributed by atoms with Crippen LogP contribution in [0.15, 0.2) is 0 Å². The number of nitrogens with zero attached hydrogens (tertiary/aromatic N) is 1. The lowest BCUT2D eigenvalue weighted by molar-refractivity contribution is -0.125. The summed E-state index contributed by atoms with van der Waals surface area (Å²) in [6, 6.07) is -0.0812. The van der Waals surface area contributed by atoms with Gasteiger partial charge in [-0.2, -0.15) is 0 Å². The van der Waals surface area contributed by atoms with E-state index in [-0.39, 0.29) is 17.9 Å². The Labute approximate surface area is 97.6 Å². The lowest BCUT2D eigenvalue weighted by atomic mass is 10.1. The predicted octanol–water partition coefficient (Wildman–Crippen LogP) is -0.0310. The Balaban J connectivity index is 3.77.